The van der Waals surface area contributed by atoms with Crippen LogP contribution < -0.4 is 14.8 Å². The van der Waals surface area contributed by atoms with Crippen molar-refractivity contribution < 1.29 is 19.1 Å². The second-order valence-electron chi connectivity index (χ2n) is 6.10. The first-order valence-corrected chi connectivity index (χ1v) is 8.51. The van der Waals surface area contributed by atoms with E-state index in [0.29, 0.717) is 44.7 Å². The number of H-pyrrole nitrogens is 1. The van der Waals surface area contributed by atoms with Gasteiger partial charge >= 0.3 is 0 Å². The van der Waals surface area contributed by atoms with E-state index in [1.165, 1.54) is 21.1 Å². The molecule has 6 nitrogen and oxygen atoms in total. The van der Waals surface area contributed by atoms with Crippen molar-refractivity contribution in [1.82, 2.24) is 4.98 Å². The van der Waals surface area contributed by atoms with Gasteiger partial charge in [0.25, 0.3) is 0 Å². The first-order valence-electron chi connectivity index (χ1n) is 8.13. The maximum Gasteiger partial charge on any atom is 0.201 e. The smallest absolute Gasteiger partial charge is 0.201 e. The maximum absolute atomic E-state index is 12.9. The molecule has 0 bridgehead atoms. The molecule has 0 aliphatic rings. The normalized spacial score (nSPS) is 11.8. The molecule has 0 aliphatic heterocycles. The van der Waals surface area contributed by atoms with Crippen molar-refractivity contribution in [1.29, 1.82) is 0 Å². The summed E-state index contributed by atoms with van der Waals surface area (Å²) in [7, 11) is 3.04. The number of anilines is 1. The third-order valence-electron chi connectivity index (χ3n) is 4.28. The molecule has 1 aromatic heterocycles. The molecule has 0 fully saturated rings. The van der Waals surface area contributed by atoms with E-state index >= 15 is 0 Å². The molecule has 2 N–H and O–H groups in total. The first-order chi connectivity index (χ1) is 12.2. The van der Waals surface area contributed by atoms with Gasteiger partial charge in [-0.05, 0) is 39.3 Å². The Morgan fingerprint density at radius 1 is 1.15 bits per heavy atom. The minimum atomic E-state index is -0.565. The average molecular weight is 379 g/mol. The van der Waals surface area contributed by atoms with Gasteiger partial charge in [-0.2, -0.15) is 0 Å². The minimum absolute atomic E-state index is 0.0699. The van der Waals surface area contributed by atoms with Gasteiger partial charge in [-0.15, -0.1) is 0 Å². The summed E-state index contributed by atoms with van der Waals surface area (Å²) >= 11 is 6.17. The summed E-state index contributed by atoms with van der Waals surface area (Å²) < 4.78 is 10.5. The van der Waals surface area contributed by atoms with Gasteiger partial charge in [0.1, 0.15) is 11.5 Å². The van der Waals surface area contributed by atoms with E-state index in [9.17, 15) is 9.59 Å². The van der Waals surface area contributed by atoms with Crippen LogP contribution in [0.2, 0.25) is 5.02 Å². The quantitative estimate of drug-likeness (QED) is 0.706. The highest BCUT2D eigenvalue weighted by Gasteiger charge is 2.24. The lowest BCUT2D eigenvalue weighted by Crippen LogP contribution is -2.27. The van der Waals surface area contributed by atoms with Crippen LogP contribution in [0.25, 0.3) is 0 Å². The largest absolute Gasteiger partial charge is 0.495 e. The van der Waals surface area contributed by atoms with Gasteiger partial charge in [0.2, 0.25) is 5.78 Å². The van der Waals surface area contributed by atoms with Crippen LogP contribution in [0.4, 0.5) is 5.69 Å². The van der Waals surface area contributed by atoms with Gasteiger partial charge in [0, 0.05) is 17.3 Å². The number of aromatic amines is 1. The first kappa shape index (κ1) is 19.8. The predicted molar refractivity (Wildman–Crippen MR) is 102 cm³/mol. The fourth-order valence-corrected chi connectivity index (χ4v) is 3.25. The molecule has 2 rings (SSSR count). The number of carbonyl (C=O) groups excluding carboxylic acids is 2. The number of hydrogen-bond acceptors (Lipinski definition) is 5. The Morgan fingerprint density at radius 3 is 2.27 bits per heavy atom. The molecular formula is C19H23ClN2O4. The Hall–Kier alpha value is -2.47. The molecule has 0 saturated carbocycles. The number of benzene rings is 1. The summed E-state index contributed by atoms with van der Waals surface area (Å²) in [5.41, 5.74) is 2.91. The van der Waals surface area contributed by atoms with Gasteiger partial charge in [-0.3, -0.25) is 9.59 Å². The Bertz CT molecular complexity index is 858. The van der Waals surface area contributed by atoms with Gasteiger partial charge in [0.05, 0.1) is 36.7 Å². The molecule has 0 radical (unpaired) electrons. The molecule has 2 aromatic rings. The average Bonchev–Trinajstić information content (AvgIpc) is 2.88. The van der Waals surface area contributed by atoms with Crippen LogP contribution in [-0.4, -0.2) is 36.8 Å². The summed E-state index contributed by atoms with van der Waals surface area (Å²) in [6.07, 6.45) is 0. The molecule has 1 aromatic carbocycles. The number of hydrogen-bond donors (Lipinski definition) is 2. The Morgan fingerprint density at radius 2 is 1.77 bits per heavy atom. The van der Waals surface area contributed by atoms with E-state index in [1.54, 1.807) is 32.9 Å². The molecule has 26 heavy (non-hydrogen) atoms. The third kappa shape index (κ3) is 3.70. The van der Waals surface area contributed by atoms with Gasteiger partial charge in [-0.1, -0.05) is 11.6 Å². The molecule has 140 valence electrons. The number of nitrogens with one attached hydrogen (secondary N) is 2. The Balaban J connectivity index is 2.32. The highest BCUT2D eigenvalue weighted by atomic mass is 35.5. The number of aryl methyl sites for hydroxylation is 1. The number of aromatic nitrogens is 1. The molecule has 0 unspecified atom stereocenters. The van der Waals surface area contributed by atoms with Crippen LogP contribution in [0.1, 0.15) is 46.0 Å². The summed E-state index contributed by atoms with van der Waals surface area (Å²) in [6, 6.07) is 2.74. The van der Waals surface area contributed by atoms with Crippen LogP contribution >= 0.6 is 11.6 Å². The van der Waals surface area contributed by atoms with E-state index in [0.717, 1.165) is 0 Å². The maximum atomic E-state index is 12.9. The van der Waals surface area contributed by atoms with Crippen LogP contribution in [0, 0.1) is 13.8 Å². The van der Waals surface area contributed by atoms with E-state index in [2.05, 4.69) is 10.3 Å². The van der Waals surface area contributed by atoms with Crippen molar-refractivity contribution in [3.05, 3.63) is 39.7 Å². The molecule has 7 heteroatoms. The summed E-state index contributed by atoms with van der Waals surface area (Å²) in [5, 5.41) is 3.52. The van der Waals surface area contributed by atoms with Crippen LogP contribution in [-0.2, 0) is 0 Å². The molecule has 0 amide bonds. The second-order valence-corrected chi connectivity index (χ2v) is 6.51. The number of methoxy groups -OCH3 is 2. The molecular weight excluding hydrogens is 356 g/mol. The van der Waals surface area contributed by atoms with E-state index in [1.807, 2.05) is 0 Å². The zero-order valence-corrected chi connectivity index (χ0v) is 16.5. The fraction of sp³-hybridized carbons (Fsp3) is 0.368. The van der Waals surface area contributed by atoms with Crippen molar-refractivity contribution in [3.63, 3.8) is 0 Å². The highest BCUT2D eigenvalue weighted by molar-refractivity contribution is 6.32. The Kier molecular flexibility index (Phi) is 5.97. The second kappa shape index (κ2) is 7.83. The fourth-order valence-electron chi connectivity index (χ4n) is 3.01. The lowest BCUT2D eigenvalue weighted by atomic mass is 10.0. The zero-order chi connectivity index (χ0) is 19.6. The van der Waals surface area contributed by atoms with Crippen molar-refractivity contribution >= 4 is 28.9 Å². The van der Waals surface area contributed by atoms with E-state index in [4.69, 9.17) is 21.1 Å². The molecule has 0 spiro atoms. The van der Waals surface area contributed by atoms with E-state index in [-0.39, 0.29) is 11.6 Å². The number of ketones is 2. The van der Waals surface area contributed by atoms with Gasteiger partial charge < -0.3 is 19.8 Å². The summed E-state index contributed by atoms with van der Waals surface area (Å²) in [6.45, 7) is 6.78. The predicted octanol–water partition coefficient (Wildman–Crippen LogP) is 4.19. The number of halogens is 1. The monoisotopic (exact) mass is 378 g/mol. The minimum Gasteiger partial charge on any atom is -0.495 e. The Labute approximate surface area is 157 Å². The van der Waals surface area contributed by atoms with Crippen molar-refractivity contribution in [2.24, 2.45) is 0 Å². The highest BCUT2D eigenvalue weighted by Crippen LogP contribution is 2.36. The van der Waals surface area contributed by atoms with Crippen molar-refractivity contribution in [2.75, 3.05) is 19.5 Å². The molecule has 1 atom stereocenters. The number of rotatable bonds is 7. The number of ether oxygens (including phenoxy) is 2. The standard InChI is InChI=1S/C19H23ClN2O4/c1-9-17(12(4)23)10(2)22-18(9)19(24)11(3)21-14-7-13(20)15(25-5)8-16(14)26-6/h7-8,11,21-22H,1-6H3/t11-/m1/s1. The van der Waals surface area contributed by atoms with Crippen LogP contribution in [0.5, 0.6) is 11.5 Å². The lowest BCUT2D eigenvalue weighted by molar-refractivity contribution is 0.0970. The molecule has 0 saturated heterocycles. The SMILES string of the molecule is COc1cc(OC)c(N[C@H](C)C(=O)c2[nH]c(C)c(C(C)=O)c2C)cc1Cl. The molecule has 1 heterocycles. The van der Waals surface area contributed by atoms with E-state index < -0.39 is 6.04 Å². The number of carbonyl (C=O) groups is 2. The zero-order valence-electron chi connectivity index (χ0n) is 15.7. The van der Waals surface area contributed by atoms with Crippen molar-refractivity contribution in [2.45, 2.75) is 33.7 Å². The van der Waals surface area contributed by atoms with Crippen LogP contribution in [0.3, 0.4) is 0 Å². The van der Waals surface area contributed by atoms with Crippen molar-refractivity contribution in [3.8, 4) is 11.5 Å². The summed E-state index contributed by atoms with van der Waals surface area (Å²) in [4.78, 5) is 27.7. The summed E-state index contributed by atoms with van der Waals surface area (Å²) in [5.74, 6) is 0.760. The third-order valence-corrected chi connectivity index (χ3v) is 4.57. The lowest BCUT2D eigenvalue weighted by Gasteiger charge is -2.18. The van der Waals surface area contributed by atoms with Crippen LogP contribution in [0.15, 0.2) is 12.1 Å². The van der Waals surface area contributed by atoms with Gasteiger partial charge in [0.15, 0.2) is 5.78 Å². The van der Waals surface area contributed by atoms with Gasteiger partial charge in [-0.25, -0.2) is 0 Å². The molecule has 0 aliphatic carbocycles. The topological polar surface area (TPSA) is 80.4 Å². The number of Topliss-reactive ketones (excluding diaryl/α,β-unsaturated/α-hetero) is 2.